The molecule has 1 aromatic heterocycles. The Morgan fingerprint density at radius 1 is 1.39 bits per heavy atom. The molecule has 1 nitrogen and oxygen atoms in total. The van der Waals surface area contributed by atoms with Crippen LogP contribution in [0, 0.1) is 0 Å². The van der Waals surface area contributed by atoms with E-state index in [1.165, 1.54) is 37.7 Å². The normalized spacial score (nSPS) is 18.0. The van der Waals surface area contributed by atoms with Crippen LogP contribution in [-0.2, 0) is 6.42 Å². The Morgan fingerprint density at radius 2 is 2.11 bits per heavy atom. The molecular formula is C16H26NS+. The number of thiophene rings is 1. The Kier molecular flexibility index (Phi) is 5.02. The Balaban J connectivity index is 2.24. The first kappa shape index (κ1) is 13.8. The smallest absolute Gasteiger partial charge is 0.118 e. The van der Waals surface area contributed by atoms with Gasteiger partial charge in [0, 0.05) is 24.6 Å². The van der Waals surface area contributed by atoms with Crippen LogP contribution in [-0.4, -0.2) is 6.54 Å². The molecule has 0 aliphatic heterocycles. The van der Waals surface area contributed by atoms with E-state index in [0.717, 1.165) is 18.9 Å². The van der Waals surface area contributed by atoms with E-state index in [4.69, 9.17) is 0 Å². The maximum Gasteiger partial charge on any atom is 0.179 e. The molecule has 1 aliphatic carbocycles. The molecule has 1 unspecified atom stereocenters. The number of hydrogen-bond acceptors (Lipinski definition) is 1. The minimum atomic E-state index is 0.171. The first-order valence-corrected chi connectivity index (χ1v) is 8.53. The molecule has 1 saturated carbocycles. The summed E-state index contributed by atoms with van der Waals surface area (Å²) in [6.07, 6.45) is 8.12. The summed E-state index contributed by atoms with van der Waals surface area (Å²) in [4.78, 5) is 1.62. The van der Waals surface area contributed by atoms with Crippen molar-refractivity contribution < 1.29 is 0 Å². The van der Waals surface area contributed by atoms with E-state index in [1.54, 1.807) is 10.4 Å². The Labute approximate surface area is 114 Å². The minimum absolute atomic E-state index is 0.171. The molecule has 0 radical (unpaired) electrons. The summed E-state index contributed by atoms with van der Waals surface area (Å²) < 4.78 is 3.61. The van der Waals surface area contributed by atoms with E-state index in [9.17, 15) is 0 Å². The molecule has 2 heteroatoms. The van der Waals surface area contributed by atoms with Crippen molar-refractivity contribution in [3.05, 3.63) is 34.0 Å². The highest BCUT2D eigenvalue weighted by Crippen LogP contribution is 2.40. The molecule has 100 valence electrons. The van der Waals surface area contributed by atoms with Crippen molar-refractivity contribution in [3.63, 3.8) is 0 Å². The van der Waals surface area contributed by atoms with Gasteiger partial charge in [-0.05, 0) is 32.6 Å². The zero-order chi connectivity index (χ0) is 13.0. The molecule has 1 heterocycles. The van der Waals surface area contributed by atoms with Crippen LogP contribution in [0.2, 0.25) is 0 Å². The quantitative estimate of drug-likeness (QED) is 0.572. The summed E-state index contributed by atoms with van der Waals surface area (Å²) >= 11 is 0. The van der Waals surface area contributed by atoms with Crippen LogP contribution in [0.25, 0.3) is 0 Å². The fraction of sp³-hybridized carbons (Fsp3) is 0.625. The lowest BCUT2D eigenvalue weighted by Crippen LogP contribution is -2.06. The number of rotatable bonds is 5. The second-order valence-corrected chi connectivity index (χ2v) is 7.21. The first-order chi connectivity index (χ1) is 8.72. The third-order valence-corrected chi connectivity index (χ3v) is 5.70. The van der Waals surface area contributed by atoms with Crippen LogP contribution in [0.3, 0.4) is 0 Å². The van der Waals surface area contributed by atoms with Crippen molar-refractivity contribution in [2.75, 3.05) is 11.3 Å². The van der Waals surface area contributed by atoms with Crippen LogP contribution in [0.1, 0.15) is 62.3 Å². The molecule has 18 heavy (non-hydrogen) atoms. The minimum Gasteiger partial charge on any atom is -0.118 e. The molecule has 1 N–H and O–H groups in total. The van der Waals surface area contributed by atoms with Crippen molar-refractivity contribution in [1.82, 2.24) is 0 Å². The third-order valence-electron chi connectivity index (χ3n) is 3.78. The Morgan fingerprint density at radius 3 is 2.72 bits per heavy atom. The lowest BCUT2D eigenvalue weighted by atomic mass is 9.84. The van der Waals surface area contributed by atoms with Gasteiger partial charge in [0.15, 0.2) is 10.3 Å². The van der Waals surface area contributed by atoms with Gasteiger partial charge in [0.1, 0.15) is 0 Å². The van der Waals surface area contributed by atoms with Crippen molar-refractivity contribution in [3.8, 4) is 0 Å². The second kappa shape index (κ2) is 6.53. The van der Waals surface area contributed by atoms with E-state index in [0.29, 0.717) is 0 Å². The first-order valence-electron chi connectivity index (χ1n) is 7.24. The van der Waals surface area contributed by atoms with Gasteiger partial charge in [-0.3, -0.25) is 0 Å². The molecule has 2 rings (SSSR count). The van der Waals surface area contributed by atoms with Crippen LogP contribution >= 0.6 is 10.7 Å². The van der Waals surface area contributed by atoms with Gasteiger partial charge in [-0.25, -0.2) is 0 Å². The van der Waals surface area contributed by atoms with E-state index < -0.39 is 0 Å². The molecule has 0 amide bonds. The fourth-order valence-corrected chi connectivity index (χ4v) is 4.88. The largest absolute Gasteiger partial charge is 0.179 e. The predicted molar refractivity (Wildman–Crippen MR) is 83.2 cm³/mol. The highest BCUT2D eigenvalue weighted by molar-refractivity contribution is 7.31. The highest BCUT2D eigenvalue weighted by Gasteiger charge is 2.26. The number of allylic oxidation sites excluding steroid dienone is 1. The fourth-order valence-electron chi connectivity index (χ4n) is 2.97. The van der Waals surface area contributed by atoms with Crippen molar-refractivity contribution >= 4 is 10.7 Å². The predicted octanol–water partition coefficient (Wildman–Crippen LogP) is 5.17. The van der Waals surface area contributed by atoms with Crippen LogP contribution in [0.4, 0.5) is 0 Å². The monoisotopic (exact) mass is 264 g/mol. The van der Waals surface area contributed by atoms with Crippen molar-refractivity contribution in [2.45, 2.75) is 58.3 Å². The molecule has 0 bridgehead atoms. The van der Waals surface area contributed by atoms with Crippen molar-refractivity contribution in [1.29, 1.82) is 0 Å². The van der Waals surface area contributed by atoms with Gasteiger partial charge in [-0.15, -0.1) is 4.72 Å². The number of hydrogen-bond donors (Lipinski definition) is 1. The summed E-state index contributed by atoms with van der Waals surface area (Å²) in [7, 11) is 0.171. The van der Waals surface area contributed by atoms with Gasteiger partial charge in [0.05, 0.1) is 10.7 Å². The average Bonchev–Trinajstić information content (AvgIpc) is 2.73. The highest BCUT2D eigenvalue weighted by atomic mass is 32.2. The summed E-state index contributed by atoms with van der Waals surface area (Å²) in [5.41, 5.74) is 2.93. The van der Waals surface area contributed by atoms with Gasteiger partial charge < -0.3 is 0 Å². The van der Waals surface area contributed by atoms with Gasteiger partial charge >= 0.3 is 0 Å². The average molecular weight is 264 g/mol. The lowest BCUT2D eigenvalue weighted by molar-refractivity contribution is 0.443. The Hall–Kier alpha value is -0.600. The Bertz CT molecular complexity index is 399. The van der Waals surface area contributed by atoms with Crippen LogP contribution in [0.5, 0.6) is 0 Å². The molecule has 1 fully saturated rings. The zero-order valence-electron chi connectivity index (χ0n) is 11.8. The zero-order valence-corrected chi connectivity index (χ0v) is 12.6. The maximum absolute atomic E-state index is 4.11. The second-order valence-electron chi connectivity index (χ2n) is 5.49. The topological polar surface area (TPSA) is 12.0 Å². The SMILES string of the molecule is C=C(C)Cc1c(C2CCCCC2)cc[s+]1NCC. The van der Waals surface area contributed by atoms with Gasteiger partial charge in [0.25, 0.3) is 0 Å². The summed E-state index contributed by atoms with van der Waals surface area (Å²) in [6, 6.07) is 2.40. The summed E-state index contributed by atoms with van der Waals surface area (Å²) in [6.45, 7) is 9.50. The molecular weight excluding hydrogens is 238 g/mol. The van der Waals surface area contributed by atoms with Gasteiger partial charge in [0.2, 0.25) is 0 Å². The molecule has 1 atom stereocenters. The maximum atomic E-state index is 4.11. The molecule has 1 aromatic rings. The molecule has 0 spiro atoms. The van der Waals surface area contributed by atoms with Gasteiger partial charge in [-0.1, -0.05) is 31.4 Å². The summed E-state index contributed by atoms with van der Waals surface area (Å²) in [5.74, 6) is 0.820. The van der Waals surface area contributed by atoms with E-state index in [2.05, 4.69) is 36.6 Å². The standard InChI is InChI=1S/C16H26NS/c1-4-17-18-11-10-15(16(18)12-13(2)3)14-8-6-5-7-9-14/h10-11,14,17H,2,4-9,12H2,1,3H3/q+1. The molecule has 1 aliphatic rings. The van der Waals surface area contributed by atoms with Crippen LogP contribution < -0.4 is 4.72 Å². The van der Waals surface area contributed by atoms with E-state index >= 15 is 0 Å². The third kappa shape index (κ3) is 3.24. The molecule has 0 aromatic carbocycles. The molecule has 0 saturated heterocycles. The van der Waals surface area contributed by atoms with E-state index in [-0.39, 0.29) is 10.7 Å². The van der Waals surface area contributed by atoms with Gasteiger partial charge in [-0.2, -0.15) is 0 Å². The lowest BCUT2D eigenvalue weighted by Gasteiger charge is -2.20. The number of nitrogens with one attached hydrogen (secondary N) is 1. The van der Waals surface area contributed by atoms with E-state index in [1.807, 2.05) is 0 Å². The van der Waals surface area contributed by atoms with Crippen molar-refractivity contribution in [2.24, 2.45) is 0 Å². The van der Waals surface area contributed by atoms with Crippen LogP contribution in [0.15, 0.2) is 23.6 Å². The summed E-state index contributed by atoms with van der Waals surface area (Å²) in [5, 5.41) is 2.38.